The van der Waals surface area contributed by atoms with Crippen molar-refractivity contribution in [1.29, 1.82) is 0 Å². The fourth-order valence-corrected chi connectivity index (χ4v) is 4.78. The van der Waals surface area contributed by atoms with Gasteiger partial charge in [0.1, 0.15) is 22.8 Å². The molecule has 7 N–H and O–H groups in total. The van der Waals surface area contributed by atoms with Gasteiger partial charge >= 0.3 is 0 Å². The fourth-order valence-electron chi connectivity index (χ4n) is 4.78. The van der Waals surface area contributed by atoms with Gasteiger partial charge in [0, 0.05) is 17.9 Å². The molecule has 0 bridgehead atoms. The molecule has 3 aliphatic carbocycles. The summed E-state index contributed by atoms with van der Waals surface area (Å²) in [6.07, 6.45) is 0.146. The van der Waals surface area contributed by atoms with Crippen molar-refractivity contribution in [2.45, 2.75) is 45.6 Å². The average molecular weight is 461 g/mol. The van der Waals surface area contributed by atoms with Crippen molar-refractivity contribution in [3.05, 3.63) is 45.7 Å². The van der Waals surface area contributed by atoms with Crippen LogP contribution in [0.4, 0.5) is 0 Å². The van der Waals surface area contributed by atoms with E-state index in [1.54, 1.807) is 6.07 Å². The molecule has 1 aromatic carbocycles. The highest BCUT2D eigenvalue weighted by Crippen LogP contribution is 2.52. The van der Waals surface area contributed by atoms with Gasteiger partial charge in [-0.15, -0.1) is 0 Å². The number of carbonyl (C=O) groups is 3. The van der Waals surface area contributed by atoms with E-state index >= 15 is 0 Å². The predicted molar refractivity (Wildman–Crippen MR) is 122 cm³/mol. The molecule has 4 rings (SSSR count). The predicted octanol–water partition coefficient (Wildman–Crippen LogP) is 1.59. The molecule has 180 valence electrons. The van der Waals surface area contributed by atoms with E-state index in [-0.39, 0.29) is 29.7 Å². The van der Waals surface area contributed by atoms with Gasteiger partial charge in [-0.1, -0.05) is 19.9 Å². The molecule has 0 saturated heterocycles. The Kier molecular flexibility index (Phi) is 7.72. The molecule has 3 aliphatic rings. The topological polar surface area (TPSA) is 170 Å². The van der Waals surface area contributed by atoms with Crippen molar-refractivity contribution in [2.75, 3.05) is 14.1 Å². The molecule has 0 aliphatic heterocycles. The number of ketones is 2. The number of aliphatic hydroxyl groups is 3. The number of phenols is 1. The number of nitrogens with one attached hydrogen (secondary N) is 1. The number of hydrogen-bond donors (Lipinski definition) is 6. The number of aryl methyl sites for hydroxylation is 1. The molecule has 3 atom stereocenters. The zero-order valence-corrected chi connectivity index (χ0v) is 19.5. The van der Waals surface area contributed by atoms with Crippen LogP contribution in [-0.2, 0) is 20.8 Å². The highest BCUT2D eigenvalue weighted by molar-refractivity contribution is 6.22. The third kappa shape index (κ3) is 4.02. The number of aliphatic hydroxyl groups excluding tert-OH is 2. The molecule has 0 heterocycles. The maximum atomic E-state index is 13.2. The number of hydrogen-bond acceptors (Lipinski definition) is 8. The van der Waals surface area contributed by atoms with Gasteiger partial charge in [-0.25, -0.2) is 0 Å². The van der Waals surface area contributed by atoms with E-state index in [2.05, 4.69) is 5.32 Å². The van der Waals surface area contributed by atoms with Gasteiger partial charge in [-0.2, -0.15) is 0 Å². The first-order valence-electron chi connectivity index (χ1n) is 10.9. The van der Waals surface area contributed by atoms with Crippen LogP contribution in [0.15, 0.2) is 29.0 Å². The maximum Gasteiger partial charge on any atom is 0.255 e. The van der Waals surface area contributed by atoms with E-state index in [4.69, 9.17) is 5.73 Å². The summed E-state index contributed by atoms with van der Waals surface area (Å²) >= 11 is 0. The van der Waals surface area contributed by atoms with Crippen molar-refractivity contribution < 1.29 is 34.8 Å². The number of primary amides is 1. The molecule has 1 fully saturated rings. The van der Waals surface area contributed by atoms with Gasteiger partial charge < -0.3 is 31.5 Å². The molecule has 1 aromatic rings. The number of aromatic hydroxyl groups is 1. The summed E-state index contributed by atoms with van der Waals surface area (Å²) in [5.41, 5.74) is 3.33. The van der Waals surface area contributed by atoms with Crippen molar-refractivity contribution in [3.63, 3.8) is 0 Å². The molecule has 1 amide bonds. The second-order valence-corrected chi connectivity index (χ2v) is 8.16. The lowest BCUT2D eigenvalue weighted by Gasteiger charge is -2.46. The van der Waals surface area contributed by atoms with E-state index in [0.717, 1.165) is 5.56 Å². The Hall–Kier alpha value is -3.17. The van der Waals surface area contributed by atoms with E-state index in [1.165, 1.54) is 6.07 Å². The number of amides is 1. The second-order valence-electron chi connectivity index (χ2n) is 8.16. The van der Waals surface area contributed by atoms with Crippen molar-refractivity contribution in [2.24, 2.45) is 17.6 Å². The van der Waals surface area contributed by atoms with Crippen LogP contribution >= 0.6 is 0 Å². The van der Waals surface area contributed by atoms with Crippen molar-refractivity contribution in [1.82, 2.24) is 5.32 Å². The Morgan fingerprint density at radius 2 is 1.70 bits per heavy atom. The van der Waals surface area contributed by atoms with Crippen LogP contribution in [0.1, 0.15) is 43.4 Å². The van der Waals surface area contributed by atoms with Crippen LogP contribution in [0.5, 0.6) is 5.75 Å². The largest absolute Gasteiger partial charge is 0.508 e. The van der Waals surface area contributed by atoms with Crippen LogP contribution < -0.4 is 11.1 Å². The number of fused-ring (bicyclic) bond motifs is 3. The first-order chi connectivity index (χ1) is 15.5. The van der Waals surface area contributed by atoms with Gasteiger partial charge in [0.05, 0.1) is 5.56 Å². The van der Waals surface area contributed by atoms with E-state index < -0.39 is 52.0 Å². The van der Waals surface area contributed by atoms with Crippen LogP contribution in [0.25, 0.3) is 5.76 Å². The van der Waals surface area contributed by atoms with Gasteiger partial charge in [0.2, 0.25) is 5.78 Å². The van der Waals surface area contributed by atoms with Crippen LogP contribution in [-0.4, -0.2) is 57.6 Å². The molecule has 1 saturated carbocycles. The Balaban J connectivity index is 0.000000714. The summed E-state index contributed by atoms with van der Waals surface area (Å²) in [4.78, 5) is 37.0. The first-order valence-corrected chi connectivity index (χ1v) is 10.9. The molecular weight excluding hydrogens is 428 g/mol. The molecule has 9 nitrogen and oxygen atoms in total. The number of rotatable bonds is 1. The van der Waals surface area contributed by atoms with Crippen LogP contribution in [0.2, 0.25) is 0 Å². The smallest absolute Gasteiger partial charge is 0.255 e. The summed E-state index contributed by atoms with van der Waals surface area (Å²) in [5.74, 6) is -6.13. The van der Waals surface area contributed by atoms with E-state index in [0.29, 0.717) is 12.0 Å². The zero-order chi connectivity index (χ0) is 25.2. The lowest BCUT2D eigenvalue weighted by molar-refractivity contribution is -0.147. The minimum absolute atomic E-state index is 0.118. The molecule has 0 spiro atoms. The number of benzene rings is 1. The van der Waals surface area contributed by atoms with Gasteiger partial charge in [0.25, 0.3) is 5.91 Å². The molecule has 33 heavy (non-hydrogen) atoms. The highest BCUT2D eigenvalue weighted by atomic mass is 16.3. The minimum atomic E-state index is -2.52. The molecule has 9 heteroatoms. The number of carbonyl (C=O) groups excluding carboxylic acids is 3. The Morgan fingerprint density at radius 3 is 2.24 bits per heavy atom. The summed E-state index contributed by atoms with van der Waals surface area (Å²) in [6, 6.07) is 3.10. The van der Waals surface area contributed by atoms with Crippen molar-refractivity contribution in [3.8, 4) is 5.75 Å². The lowest BCUT2D eigenvalue weighted by Crippen LogP contribution is -2.58. The SMILES string of the molecule is CC.CNC.Cc1ccc(O)c2c1CC1C[C@H]3CC(=O)C(C(N)=O)=C(O)[C@@]3(O)C(=O)C1=C2O. The zero-order valence-electron chi connectivity index (χ0n) is 19.5. The van der Waals surface area contributed by atoms with Crippen LogP contribution in [0, 0.1) is 18.8 Å². The number of nitrogens with two attached hydrogens (primary N) is 1. The summed E-state index contributed by atoms with van der Waals surface area (Å²) in [6.45, 7) is 5.81. The van der Waals surface area contributed by atoms with Crippen LogP contribution in [0.3, 0.4) is 0 Å². The van der Waals surface area contributed by atoms with Gasteiger partial charge in [-0.3, -0.25) is 14.4 Å². The third-order valence-corrected chi connectivity index (χ3v) is 6.18. The fraction of sp³-hybridized carbons (Fsp3) is 0.458. The quantitative estimate of drug-likeness (QED) is 0.343. The highest BCUT2D eigenvalue weighted by Gasteiger charge is 2.60. The monoisotopic (exact) mass is 460 g/mol. The average Bonchev–Trinajstić information content (AvgIpc) is 2.75. The van der Waals surface area contributed by atoms with E-state index in [9.17, 15) is 34.8 Å². The Morgan fingerprint density at radius 1 is 1.12 bits per heavy atom. The van der Waals surface area contributed by atoms with Crippen molar-refractivity contribution >= 4 is 23.2 Å². The normalized spacial score (nSPS) is 25.6. The molecule has 1 unspecified atom stereocenters. The lowest BCUT2D eigenvalue weighted by atomic mass is 9.59. The molecule has 0 aromatic heterocycles. The molecule has 0 radical (unpaired) electrons. The minimum Gasteiger partial charge on any atom is -0.508 e. The second kappa shape index (κ2) is 9.76. The third-order valence-electron chi connectivity index (χ3n) is 6.18. The summed E-state index contributed by atoms with van der Waals surface area (Å²) in [5, 5.41) is 45.2. The Labute approximate surface area is 192 Å². The van der Waals surface area contributed by atoms with E-state index in [1.807, 2.05) is 34.9 Å². The van der Waals surface area contributed by atoms with Gasteiger partial charge in [-0.05, 0) is 57.0 Å². The number of phenolic OH excluding ortho intramolecular Hbond substituents is 1. The summed E-state index contributed by atoms with van der Waals surface area (Å²) < 4.78 is 0. The Bertz CT molecular complexity index is 1060. The first kappa shape index (κ1) is 26.1. The summed E-state index contributed by atoms with van der Waals surface area (Å²) in [7, 11) is 3.75. The maximum absolute atomic E-state index is 13.2. The standard InChI is InChI=1S/C20H19NO7.C2H7N.C2H6/c1-7-2-3-11(22)14-10(7)5-8-4-9-6-12(23)15(19(21)27)18(26)20(9,28)17(25)13(8)16(14)24;1-3-2;1-2/h2-3,8-9,22,24,26,28H,4-6H2,1H3,(H2,21,27);3H,1-2H3;1-2H3/t8?,9-,20-;;/m0../s1. The number of Topliss-reactive ketones (excluding diaryl/α,β-unsaturated/α-hetero) is 2. The molecular formula is C24H32N2O7. The van der Waals surface area contributed by atoms with Gasteiger partial charge in [0.15, 0.2) is 11.4 Å².